The minimum atomic E-state index is -0.790. The Kier molecular flexibility index (Phi) is 8.95. The van der Waals surface area contributed by atoms with Gasteiger partial charge in [0.05, 0.1) is 23.9 Å². The van der Waals surface area contributed by atoms with Gasteiger partial charge < -0.3 is 15.4 Å². The van der Waals surface area contributed by atoms with E-state index in [1.165, 1.54) is 6.07 Å². The maximum Gasteiger partial charge on any atom is 0.326 e. The molecule has 3 rings (SSSR count). The summed E-state index contributed by atoms with van der Waals surface area (Å²) >= 11 is 0. The van der Waals surface area contributed by atoms with Gasteiger partial charge in [0.2, 0.25) is 5.91 Å². The molecular weight excluding hydrogens is 484 g/mol. The lowest BCUT2D eigenvalue weighted by atomic mass is 10.0. The number of urea groups is 1. The zero-order valence-corrected chi connectivity index (χ0v) is 21.4. The summed E-state index contributed by atoms with van der Waals surface area (Å²) in [6.45, 7) is 4.18. The summed E-state index contributed by atoms with van der Waals surface area (Å²) in [5.74, 6) is -1.64. The number of para-hydroxylation sites is 1. The van der Waals surface area contributed by atoms with Crippen LogP contribution in [0.2, 0.25) is 0 Å². The SMILES string of the molecule is CC(C)(C)OC(=O)CN(C(=O)CNC(=O)Nc1cccc(C#N)c1)c1ccccc1C(=O)c1ccccc1. The van der Waals surface area contributed by atoms with E-state index in [-0.39, 0.29) is 17.0 Å². The number of anilines is 2. The molecule has 3 aromatic rings. The highest BCUT2D eigenvalue weighted by Crippen LogP contribution is 2.24. The summed E-state index contributed by atoms with van der Waals surface area (Å²) in [6, 6.07) is 22.6. The first kappa shape index (κ1) is 27.6. The second-order valence-corrected chi connectivity index (χ2v) is 9.28. The Morgan fingerprint density at radius 2 is 1.61 bits per heavy atom. The van der Waals surface area contributed by atoms with Crippen LogP contribution in [0.4, 0.5) is 16.2 Å². The average molecular weight is 513 g/mol. The number of benzene rings is 3. The Labute approximate surface area is 221 Å². The summed E-state index contributed by atoms with van der Waals surface area (Å²) in [6.07, 6.45) is 0. The van der Waals surface area contributed by atoms with Crippen LogP contribution in [0.25, 0.3) is 0 Å². The van der Waals surface area contributed by atoms with E-state index in [9.17, 15) is 19.2 Å². The normalized spacial score (nSPS) is 10.6. The molecule has 0 aromatic heterocycles. The van der Waals surface area contributed by atoms with Crippen molar-refractivity contribution in [3.05, 3.63) is 95.6 Å². The maximum absolute atomic E-state index is 13.3. The zero-order chi connectivity index (χ0) is 27.7. The van der Waals surface area contributed by atoms with E-state index in [1.807, 2.05) is 6.07 Å². The second kappa shape index (κ2) is 12.3. The van der Waals surface area contributed by atoms with Gasteiger partial charge in [-0.1, -0.05) is 48.5 Å². The Morgan fingerprint density at radius 1 is 0.921 bits per heavy atom. The molecule has 0 spiro atoms. The minimum Gasteiger partial charge on any atom is -0.459 e. The highest BCUT2D eigenvalue weighted by atomic mass is 16.6. The monoisotopic (exact) mass is 512 g/mol. The number of rotatable bonds is 8. The Balaban J connectivity index is 1.84. The van der Waals surface area contributed by atoms with Gasteiger partial charge in [0.15, 0.2) is 5.78 Å². The van der Waals surface area contributed by atoms with Crippen molar-refractivity contribution in [2.75, 3.05) is 23.3 Å². The standard InChI is InChI=1S/C29H28N4O5/c1-29(2,3)38-26(35)19-33(24-15-8-7-14-23(24)27(36)21-11-5-4-6-12-21)25(34)18-31-28(37)32-22-13-9-10-20(16-22)17-30/h4-16H,18-19H2,1-3H3,(H2,31,32,37). The molecule has 9 nitrogen and oxygen atoms in total. The third-order valence-electron chi connectivity index (χ3n) is 5.13. The Morgan fingerprint density at radius 3 is 2.29 bits per heavy atom. The summed E-state index contributed by atoms with van der Waals surface area (Å²) in [5.41, 5.74) is 0.790. The summed E-state index contributed by atoms with van der Waals surface area (Å²) in [4.78, 5) is 52.9. The minimum absolute atomic E-state index is 0.209. The molecular formula is C29H28N4O5. The molecule has 0 aliphatic carbocycles. The quantitative estimate of drug-likeness (QED) is 0.342. The fourth-order valence-corrected chi connectivity index (χ4v) is 3.55. The number of hydrogen-bond acceptors (Lipinski definition) is 6. The number of carbonyl (C=O) groups is 4. The molecule has 3 aromatic carbocycles. The van der Waals surface area contributed by atoms with E-state index in [0.717, 1.165) is 4.90 Å². The predicted octanol–water partition coefficient (Wildman–Crippen LogP) is 4.29. The van der Waals surface area contributed by atoms with Crippen LogP contribution in [0.3, 0.4) is 0 Å². The van der Waals surface area contributed by atoms with E-state index in [1.54, 1.807) is 93.6 Å². The largest absolute Gasteiger partial charge is 0.459 e. The van der Waals surface area contributed by atoms with Crippen LogP contribution in [0.5, 0.6) is 0 Å². The number of amides is 3. The molecule has 38 heavy (non-hydrogen) atoms. The van der Waals surface area contributed by atoms with E-state index in [4.69, 9.17) is 10.00 Å². The molecule has 9 heteroatoms. The first-order chi connectivity index (χ1) is 18.1. The number of nitrogens with zero attached hydrogens (tertiary/aromatic N) is 2. The van der Waals surface area contributed by atoms with Gasteiger partial charge in [-0.05, 0) is 51.1 Å². The summed E-state index contributed by atoms with van der Waals surface area (Å²) < 4.78 is 5.41. The van der Waals surface area contributed by atoms with Gasteiger partial charge in [-0.2, -0.15) is 5.26 Å². The lowest BCUT2D eigenvalue weighted by Gasteiger charge is -2.27. The molecule has 0 radical (unpaired) electrons. The molecule has 2 N–H and O–H groups in total. The van der Waals surface area contributed by atoms with Crippen molar-refractivity contribution in [1.29, 1.82) is 5.26 Å². The molecule has 3 amide bonds. The highest BCUT2D eigenvalue weighted by Gasteiger charge is 2.27. The summed E-state index contributed by atoms with van der Waals surface area (Å²) in [5, 5.41) is 14.0. The van der Waals surface area contributed by atoms with E-state index in [0.29, 0.717) is 16.8 Å². The predicted molar refractivity (Wildman–Crippen MR) is 143 cm³/mol. The molecule has 0 unspecified atom stereocenters. The first-order valence-electron chi connectivity index (χ1n) is 11.8. The fraction of sp³-hybridized carbons (Fsp3) is 0.207. The van der Waals surface area contributed by atoms with Gasteiger partial charge in [-0.3, -0.25) is 19.3 Å². The number of nitriles is 1. The van der Waals surface area contributed by atoms with E-state index >= 15 is 0 Å². The first-order valence-corrected chi connectivity index (χ1v) is 11.8. The van der Waals surface area contributed by atoms with Crippen molar-refractivity contribution in [3.63, 3.8) is 0 Å². The number of hydrogen-bond donors (Lipinski definition) is 2. The van der Waals surface area contributed by atoms with Gasteiger partial charge in [0.1, 0.15) is 12.1 Å². The van der Waals surface area contributed by atoms with Crippen LogP contribution < -0.4 is 15.5 Å². The molecule has 0 fully saturated rings. The average Bonchev–Trinajstić information content (AvgIpc) is 2.89. The smallest absolute Gasteiger partial charge is 0.326 e. The third-order valence-corrected chi connectivity index (χ3v) is 5.13. The molecule has 0 bridgehead atoms. The molecule has 0 saturated heterocycles. The van der Waals surface area contributed by atoms with E-state index in [2.05, 4.69) is 10.6 Å². The molecule has 0 heterocycles. The lowest BCUT2D eigenvalue weighted by molar-refractivity contribution is -0.153. The van der Waals surface area contributed by atoms with E-state index < -0.39 is 36.6 Å². The molecule has 0 saturated carbocycles. The molecule has 0 aliphatic rings. The number of ketones is 1. The lowest BCUT2D eigenvalue weighted by Crippen LogP contribution is -2.45. The van der Waals surface area contributed by atoms with Gasteiger partial charge in [0, 0.05) is 16.8 Å². The van der Waals surface area contributed by atoms with Crippen LogP contribution in [0.1, 0.15) is 42.3 Å². The molecule has 0 atom stereocenters. The number of carbonyl (C=O) groups excluding carboxylic acids is 4. The van der Waals surface area contributed by atoms with Crippen molar-refractivity contribution >= 4 is 35.1 Å². The van der Waals surface area contributed by atoms with Crippen LogP contribution in [-0.4, -0.2) is 42.4 Å². The number of nitrogens with one attached hydrogen (secondary N) is 2. The van der Waals surface area contributed by atoms with Crippen LogP contribution in [0, 0.1) is 11.3 Å². The van der Waals surface area contributed by atoms with Crippen molar-refractivity contribution < 1.29 is 23.9 Å². The highest BCUT2D eigenvalue weighted by molar-refractivity contribution is 6.15. The third kappa shape index (κ3) is 7.77. The van der Waals surface area contributed by atoms with Gasteiger partial charge >= 0.3 is 12.0 Å². The van der Waals surface area contributed by atoms with Crippen molar-refractivity contribution in [3.8, 4) is 6.07 Å². The number of ether oxygens (including phenoxy) is 1. The van der Waals surface area contributed by atoms with Crippen molar-refractivity contribution in [2.24, 2.45) is 0 Å². The number of esters is 1. The van der Waals surface area contributed by atoms with Crippen molar-refractivity contribution in [1.82, 2.24) is 5.32 Å². The second-order valence-electron chi connectivity index (χ2n) is 9.28. The molecule has 0 aliphatic heterocycles. The maximum atomic E-state index is 13.3. The van der Waals surface area contributed by atoms with Crippen LogP contribution >= 0.6 is 0 Å². The van der Waals surface area contributed by atoms with Gasteiger partial charge in [0.25, 0.3) is 0 Å². The zero-order valence-electron chi connectivity index (χ0n) is 21.4. The van der Waals surface area contributed by atoms with Crippen LogP contribution in [-0.2, 0) is 14.3 Å². The van der Waals surface area contributed by atoms with Crippen LogP contribution in [0.15, 0.2) is 78.9 Å². The summed E-state index contributed by atoms with van der Waals surface area (Å²) in [7, 11) is 0. The fourth-order valence-electron chi connectivity index (χ4n) is 3.55. The van der Waals surface area contributed by atoms with Crippen molar-refractivity contribution in [2.45, 2.75) is 26.4 Å². The van der Waals surface area contributed by atoms with Gasteiger partial charge in [-0.15, -0.1) is 0 Å². The van der Waals surface area contributed by atoms with Gasteiger partial charge in [-0.25, -0.2) is 4.79 Å². The topological polar surface area (TPSA) is 129 Å². The Bertz CT molecular complexity index is 1370. The Hall–Kier alpha value is -4.97. The molecule has 194 valence electrons.